The van der Waals surface area contributed by atoms with Crippen molar-refractivity contribution in [1.82, 2.24) is 40.2 Å². The molecule has 13 nitrogen and oxygen atoms in total. The molecule has 0 spiro atoms. The van der Waals surface area contributed by atoms with Gasteiger partial charge in [-0.2, -0.15) is 0 Å². The van der Waals surface area contributed by atoms with Crippen LogP contribution in [0.2, 0.25) is 0 Å². The number of fused-ring (bicyclic) bond motifs is 6. The van der Waals surface area contributed by atoms with E-state index in [1.165, 1.54) is 21.9 Å². The van der Waals surface area contributed by atoms with Crippen LogP contribution < -0.4 is 10.7 Å². The highest BCUT2D eigenvalue weighted by Gasteiger charge is 2.41. The number of carbonyl (C=O) groups excluding carboxylic acids is 3. The van der Waals surface area contributed by atoms with Crippen LogP contribution in [-0.4, -0.2) is 98.2 Å². The fourth-order valence-corrected chi connectivity index (χ4v) is 10.3. The van der Waals surface area contributed by atoms with E-state index in [4.69, 9.17) is 19.4 Å². The van der Waals surface area contributed by atoms with Gasteiger partial charge in [-0.15, -0.1) is 11.3 Å². The molecule has 5 aromatic rings. The van der Waals surface area contributed by atoms with Crippen molar-refractivity contribution in [3.05, 3.63) is 88.3 Å². The molecule has 0 unspecified atom stereocenters. The van der Waals surface area contributed by atoms with Crippen LogP contribution in [0.1, 0.15) is 95.2 Å². The van der Waals surface area contributed by atoms with Gasteiger partial charge in [0, 0.05) is 90.6 Å². The second-order valence-electron chi connectivity index (χ2n) is 18.5. The zero-order valence-corrected chi connectivity index (χ0v) is 38.5. The van der Waals surface area contributed by atoms with Gasteiger partial charge in [0.2, 0.25) is 5.91 Å². The summed E-state index contributed by atoms with van der Waals surface area (Å²) < 4.78 is 14.3. The van der Waals surface area contributed by atoms with Crippen LogP contribution >= 0.6 is 11.3 Å². The first kappa shape index (κ1) is 44.6. The lowest BCUT2D eigenvalue weighted by Gasteiger charge is -2.37. The van der Waals surface area contributed by atoms with Crippen LogP contribution in [0, 0.1) is 11.3 Å². The van der Waals surface area contributed by atoms with Crippen molar-refractivity contribution in [3.8, 4) is 22.5 Å². The number of aromatic nitrogens is 4. The number of pyridine rings is 2. The fraction of sp³-hybridized carbons (Fsp3) is 0.510. The van der Waals surface area contributed by atoms with Gasteiger partial charge in [0.05, 0.1) is 40.8 Å². The normalized spacial score (nSPS) is 20.4. The monoisotopic (exact) mass is 874 g/mol. The molecule has 1 saturated carbocycles. The molecule has 1 aliphatic carbocycles. The molecule has 4 atom stereocenters. The van der Waals surface area contributed by atoms with Crippen molar-refractivity contribution in [2.75, 3.05) is 26.8 Å². The molecule has 3 aliphatic rings. The predicted octanol–water partition coefficient (Wildman–Crippen LogP) is 7.33. The summed E-state index contributed by atoms with van der Waals surface area (Å²) in [6, 6.07) is 12.9. The van der Waals surface area contributed by atoms with Crippen LogP contribution in [0.25, 0.3) is 33.4 Å². The van der Waals surface area contributed by atoms with Crippen LogP contribution in [-0.2, 0) is 49.7 Å². The first-order chi connectivity index (χ1) is 30.3. The molecule has 0 radical (unpaired) electrons. The minimum absolute atomic E-state index is 0.00338. The van der Waals surface area contributed by atoms with Gasteiger partial charge in [-0.3, -0.25) is 34.3 Å². The van der Waals surface area contributed by atoms with E-state index in [1.54, 1.807) is 19.5 Å². The molecular weight excluding hydrogens is 813 g/mol. The summed E-state index contributed by atoms with van der Waals surface area (Å²) >= 11 is 1.49. The molecule has 2 N–H and O–H groups in total. The first-order valence-corrected chi connectivity index (χ1v) is 23.5. The Labute approximate surface area is 375 Å². The van der Waals surface area contributed by atoms with Crippen molar-refractivity contribution in [3.63, 3.8) is 0 Å². The highest BCUT2D eigenvalue weighted by atomic mass is 32.1. The molecule has 8 rings (SSSR count). The number of hydrogen-bond donors (Lipinski definition) is 2. The van der Waals surface area contributed by atoms with Crippen LogP contribution in [0.5, 0.6) is 0 Å². The Balaban J connectivity index is 1.18. The van der Waals surface area contributed by atoms with E-state index >= 15 is 0 Å². The van der Waals surface area contributed by atoms with E-state index in [0.717, 1.165) is 82.0 Å². The molecule has 2 amide bonds. The Morgan fingerprint density at radius 2 is 1.89 bits per heavy atom. The number of rotatable bonds is 12. The lowest BCUT2D eigenvalue weighted by atomic mass is 9.84. The molecule has 4 aromatic heterocycles. The van der Waals surface area contributed by atoms with E-state index in [9.17, 15) is 14.4 Å². The predicted molar refractivity (Wildman–Crippen MR) is 246 cm³/mol. The Hall–Kier alpha value is -5.02. The number of esters is 1. The molecule has 1 aromatic carbocycles. The smallest absolute Gasteiger partial charge is 0.324 e. The fourth-order valence-electron chi connectivity index (χ4n) is 9.42. The second kappa shape index (κ2) is 19.0. The minimum Gasteiger partial charge on any atom is -0.464 e. The summed E-state index contributed by atoms with van der Waals surface area (Å²) in [6.07, 6.45) is 10.0. The van der Waals surface area contributed by atoms with Crippen LogP contribution in [0.3, 0.4) is 0 Å². The van der Waals surface area contributed by atoms with Crippen LogP contribution in [0.4, 0.5) is 0 Å². The van der Waals surface area contributed by atoms with Gasteiger partial charge in [-0.1, -0.05) is 33.8 Å². The molecule has 63 heavy (non-hydrogen) atoms. The van der Waals surface area contributed by atoms with E-state index in [1.807, 2.05) is 36.7 Å². The van der Waals surface area contributed by atoms with Gasteiger partial charge in [-0.05, 0) is 106 Å². The summed E-state index contributed by atoms with van der Waals surface area (Å²) in [7, 11) is 1.70. The van der Waals surface area contributed by atoms with Crippen molar-refractivity contribution in [2.45, 2.75) is 123 Å². The third-order valence-corrected chi connectivity index (χ3v) is 13.7. The number of methoxy groups -OCH3 is 1. The summed E-state index contributed by atoms with van der Waals surface area (Å²) in [6.45, 7) is 14.6. The summed E-state index contributed by atoms with van der Waals surface area (Å²) in [5.74, 6) is -0.877. The molecule has 6 bridgehead atoms. The molecule has 1 saturated heterocycles. The second-order valence-corrected chi connectivity index (χ2v) is 19.5. The standard InChI is InChI=1S/C49H62N8O5S/c1-8-55-41-16-13-33-25-36(41)37(45(55)35-11-9-20-51-43(35)31(4)61-7)27-49(5,6)29-62-48(60)38-12-10-23-57(54-38)47(59)39(26-42-52-40(33)28-63-42)53-46(58)44(30(2)3)56(34-14-15-34)24-19-32-17-21-50-22-18-32/h9,11,13,16-18,20-22,25,28,30-31,34,38-39,44,54H,8,10,12,14-15,19,23-24,26-27,29H2,1-7H3,(H,53,58)/t31-,38-,39-,44-/m0/s1. The quantitative estimate of drug-likeness (QED) is 0.122. The highest BCUT2D eigenvalue weighted by Crippen LogP contribution is 2.42. The maximum absolute atomic E-state index is 14.7. The number of amides is 2. The number of thiazole rings is 1. The van der Waals surface area contributed by atoms with E-state index in [-0.39, 0.29) is 36.9 Å². The first-order valence-electron chi connectivity index (χ1n) is 22.6. The number of carbonyl (C=O) groups is 3. The summed E-state index contributed by atoms with van der Waals surface area (Å²) in [5.41, 5.74) is 10.8. The Morgan fingerprint density at radius 3 is 2.62 bits per heavy atom. The molecule has 334 valence electrons. The zero-order valence-electron chi connectivity index (χ0n) is 37.7. The van der Waals surface area contributed by atoms with E-state index < -0.39 is 29.5 Å². The summed E-state index contributed by atoms with van der Waals surface area (Å²) in [4.78, 5) is 59.7. The maximum atomic E-state index is 14.7. The van der Waals surface area contributed by atoms with E-state index in [2.05, 4.69) is 84.1 Å². The van der Waals surface area contributed by atoms with Crippen molar-refractivity contribution in [2.24, 2.45) is 11.3 Å². The Bertz CT molecular complexity index is 2430. The van der Waals surface area contributed by atoms with E-state index in [0.29, 0.717) is 31.8 Å². The van der Waals surface area contributed by atoms with Crippen molar-refractivity contribution < 1.29 is 23.9 Å². The number of aryl methyl sites for hydroxylation is 1. The Kier molecular flexibility index (Phi) is 13.4. The topological polar surface area (TPSA) is 144 Å². The van der Waals surface area contributed by atoms with Gasteiger partial charge in [0.15, 0.2) is 0 Å². The highest BCUT2D eigenvalue weighted by molar-refractivity contribution is 7.10. The number of nitrogens with zero attached hydrogens (tertiary/aromatic N) is 6. The molecular formula is C49H62N8O5S. The third kappa shape index (κ3) is 9.74. The minimum atomic E-state index is -0.919. The van der Waals surface area contributed by atoms with Crippen LogP contribution in [0.15, 0.2) is 66.4 Å². The average molecular weight is 875 g/mol. The number of cyclic esters (lactones) is 1. The number of nitrogens with one attached hydrogen (secondary N) is 2. The van der Waals surface area contributed by atoms with Gasteiger partial charge in [-0.25, -0.2) is 10.4 Å². The summed E-state index contributed by atoms with van der Waals surface area (Å²) in [5, 5.41) is 8.62. The van der Waals surface area contributed by atoms with Gasteiger partial charge in [0.25, 0.3) is 5.91 Å². The van der Waals surface area contributed by atoms with Crippen molar-refractivity contribution in [1.29, 1.82) is 0 Å². The largest absolute Gasteiger partial charge is 0.464 e. The lowest BCUT2D eigenvalue weighted by molar-refractivity contribution is -0.155. The number of benzene rings is 1. The molecule has 2 aliphatic heterocycles. The zero-order chi connectivity index (χ0) is 44.4. The molecule has 2 fully saturated rings. The van der Waals surface area contributed by atoms with Gasteiger partial charge in [0.1, 0.15) is 12.1 Å². The van der Waals surface area contributed by atoms with Gasteiger partial charge < -0.3 is 19.4 Å². The lowest BCUT2D eigenvalue weighted by Crippen LogP contribution is -2.62. The van der Waals surface area contributed by atoms with Crippen molar-refractivity contribution >= 4 is 40.0 Å². The Morgan fingerprint density at radius 1 is 1.10 bits per heavy atom. The van der Waals surface area contributed by atoms with Gasteiger partial charge >= 0.3 is 5.97 Å². The SMILES string of the molecule is CCn1c(-c2cccnc2[C@H](C)OC)c2c3cc(ccc31)-c1csc(n1)C[C@H](NC(=O)[C@H](C(C)C)N(CCc1ccncc1)C1CC1)C(=O)N1CCC[C@H](N1)C(=O)OCC(C)(C)C2. The third-order valence-electron chi connectivity index (χ3n) is 12.8. The average Bonchev–Trinajstić information content (AvgIpc) is 3.95. The molecule has 6 heterocycles. The molecule has 14 heteroatoms. The number of hydrogen-bond acceptors (Lipinski definition) is 11. The number of ether oxygens (including phenoxy) is 2. The number of hydrazine groups is 1. The maximum Gasteiger partial charge on any atom is 0.324 e.